The Balaban J connectivity index is 1.87. The molecule has 3 aromatic rings. The molecule has 0 radical (unpaired) electrons. The van der Waals surface area contributed by atoms with Gasteiger partial charge in [-0.2, -0.15) is 0 Å². The molecular weight excluding hydrogens is 379 g/mol. The van der Waals surface area contributed by atoms with Crippen LogP contribution in [0.1, 0.15) is 25.1 Å². The van der Waals surface area contributed by atoms with Crippen LogP contribution in [0, 0.1) is 6.92 Å². The molecule has 2 aromatic heterocycles. The Morgan fingerprint density at radius 1 is 1.00 bits per heavy atom. The smallest absolute Gasteiger partial charge is 0.156 e. The van der Waals surface area contributed by atoms with Gasteiger partial charge < -0.3 is 9.88 Å². The Morgan fingerprint density at radius 3 is 2.52 bits per heavy atom. The summed E-state index contributed by atoms with van der Waals surface area (Å²) in [6, 6.07) is 5.60. The van der Waals surface area contributed by atoms with Crippen molar-refractivity contribution >= 4 is 51.7 Å². The minimum absolute atomic E-state index is 0.359. The molecule has 1 aliphatic rings. The highest BCUT2D eigenvalue weighted by Gasteiger charge is 2.19. The van der Waals surface area contributed by atoms with Crippen LogP contribution in [0.2, 0.25) is 15.1 Å². The molecule has 0 saturated carbocycles. The predicted octanol–water partition coefficient (Wildman–Crippen LogP) is 5.88. The zero-order chi connectivity index (χ0) is 17.6. The highest BCUT2D eigenvalue weighted by molar-refractivity contribution is 6.49. The third-order valence-corrected chi connectivity index (χ3v) is 5.84. The van der Waals surface area contributed by atoms with Crippen LogP contribution in [0.25, 0.3) is 22.3 Å². The lowest BCUT2D eigenvalue weighted by atomic mass is 10.1. The van der Waals surface area contributed by atoms with E-state index < -0.39 is 0 Å². The number of fused-ring (bicyclic) bond motifs is 1. The van der Waals surface area contributed by atoms with Crippen molar-refractivity contribution in [1.82, 2.24) is 15.0 Å². The Hall–Kier alpha value is -1.49. The van der Waals surface area contributed by atoms with Crippen molar-refractivity contribution in [2.75, 3.05) is 18.0 Å². The summed E-state index contributed by atoms with van der Waals surface area (Å²) in [7, 11) is 0. The molecule has 25 heavy (non-hydrogen) atoms. The fourth-order valence-corrected chi connectivity index (χ4v) is 3.96. The highest BCUT2D eigenvalue weighted by Crippen LogP contribution is 2.39. The topological polar surface area (TPSA) is 44.8 Å². The molecule has 3 heterocycles. The molecule has 1 N–H and O–H groups in total. The van der Waals surface area contributed by atoms with Gasteiger partial charge in [0.2, 0.25) is 0 Å². The molecule has 7 heteroatoms. The average Bonchev–Trinajstić information content (AvgIpc) is 3.03. The summed E-state index contributed by atoms with van der Waals surface area (Å²) in [6.45, 7) is 3.96. The monoisotopic (exact) mass is 394 g/mol. The second kappa shape index (κ2) is 6.67. The van der Waals surface area contributed by atoms with Crippen molar-refractivity contribution in [3.63, 3.8) is 0 Å². The number of aryl methyl sites for hydroxylation is 1. The number of nitrogens with zero attached hydrogens (tertiary/aromatic N) is 3. The van der Waals surface area contributed by atoms with Gasteiger partial charge in [0, 0.05) is 24.3 Å². The van der Waals surface area contributed by atoms with Gasteiger partial charge >= 0.3 is 0 Å². The van der Waals surface area contributed by atoms with Crippen LogP contribution >= 0.6 is 34.8 Å². The molecular formula is C18H17Cl3N4. The molecule has 0 bridgehead atoms. The maximum atomic E-state index is 6.40. The molecule has 1 saturated heterocycles. The zero-order valence-electron chi connectivity index (χ0n) is 13.7. The molecule has 1 fully saturated rings. The van der Waals surface area contributed by atoms with Crippen LogP contribution < -0.4 is 4.90 Å². The molecule has 0 amide bonds. The number of hydrogen-bond donors (Lipinski definition) is 1. The number of H-pyrrole nitrogens is 1. The third-order valence-electron chi connectivity index (χ3n) is 4.55. The van der Waals surface area contributed by atoms with Crippen molar-refractivity contribution in [1.29, 1.82) is 0 Å². The fourth-order valence-electron chi connectivity index (χ4n) is 3.32. The van der Waals surface area contributed by atoms with E-state index in [4.69, 9.17) is 34.8 Å². The first-order valence-electron chi connectivity index (χ1n) is 8.31. The lowest BCUT2D eigenvalue weighted by molar-refractivity contribution is 0.574. The van der Waals surface area contributed by atoms with Gasteiger partial charge in [-0.05, 0) is 44.4 Å². The first-order chi connectivity index (χ1) is 12.0. The predicted molar refractivity (Wildman–Crippen MR) is 105 cm³/mol. The van der Waals surface area contributed by atoms with Gasteiger partial charge in [-0.1, -0.05) is 34.8 Å². The summed E-state index contributed by atoms with van der Waals surface area (Å²) in [5.74, 6) is 1.73. The molecule has 4 rings (SSSR count). The van der Waals surface area contributed by atoms with E-state index in [9.17, 15) is 0 Å². The van der Waals surface area contributed by atoms with E-state index in [2.05, 4.69) is 19.9 Å². The molecule has 0 aliphatic carbocycles. The summed E-state index contributed by atoms with van der Waals surface area (Å²) in [4.78, 5) is 15.0. The van der Waals surface area contributed by atoms with Crippen LogP contribution in [0.4, 0.5) is 5.82 Å². The van der Waals surface area contributed by atoms with Gasteiger partial charge in [-0.3, -0.25) is 0 Å². The molecule has 0 atom stereocenters. The first-order valence-corrected chi connectivity index (χ1v) is 9.44. The summed E-state index contributed by atoms with van der Waals surface area (Å²) >= 11 is 18.6. The van der Waals surface area contributed by atoms with Crippen molar-refractivity contribution in [3.05, 3.63) is 39.1 Å². The van der Waals surface area contributed by atoms with Gasteiger partial charge in [0.15, 0.2) is 5.82 Å². The Morgan fingerprint density at radius 2 is 1.76 bits per heavy atom. The number of halogens is 3. The lowest BCUT2D eigenvalue weighted by Gasteiger charge is -2.28. The molecule has 4 nitrogen and oxygen atoms in total. The van der Waals surface area contributed by atoms with E-state index in [0.717, 1.165) is 47.0 Å². The number of nitrogens with one attached hydrogen (secondary N) is 1. The fraction of sp³-hybridized carbons (Fsp3) is 0.333. The van der Waals surface area contributed by atoms with Crippen molar-refractivity contribution in [3.8, 4) is 11.3 Å². The third kappa shape index (κ3) is 3.07. The number of hydrogen-bond acceptors (Lipinski definition) is 3. The van der Waals surface area contributed by atoms with Crippen LogP contribution in [-0.2, 0) is 0 Å². The van der Waals surface area contributed by atoms with Crippen LogP contribution in [-0.4, -0.2) is 28.0 Å². The van der Waals surface area contributed by atoms with Crippen molar-refractivity contribution < 1.29 is 0 Å². The second-order valence-corrected chi connectivity index (χ2v) is 7.47. The standard InChI is InChI=1S/C18H17Cl3N4/c1-10-22-14-9-13(11-5-6-12(19)16(21)15(11)20)24-17(14)18(23-10)25-7-3-2-4-8-25/h5-6,9,24H,2-4,7-8H2,1H3. The Bertz CT molecular complexity index is 945. The molecule has 1 aromatic carbocycles. The summed E-state index contributed by atoms with van der Waals surface area (Å²) in [5, 5.41) is 1.24. The van der Waals surface area contributed by atoms with E-state index in [1.165, 1.54) is 19.3 Å². The maximum absolute atomic E-state index is 6.40. The summed E-state index contributed by atoms with van der Waals surface area (Å²) in [5.41, 5.74) is 3.47. The summed E-state index contributed by atoms with van der Waals surface area (Å²) < 4.78 is 0. The minimum Gasteiger partial charge on any atom is -0.355 e. The van der Waals surface area contributed by atoms with E-state index in [1.54, 1.807) is 6.07 Å². The van der Waals surface area contributed by atoms with Crippen molar-refractivity contribution in [2.45, 2.75) is 26.2 Å². The Labute approximate surface area is 161 Å². The van der Waals surface area contributed by atoms with Gasteiger partial charge in [-0.25, -0.2) is 9.97 Å². The SMILES string of the molecule is Cc1nc(N2CCCCC2)c2[nH]c(-c3ccc(Cl)c(Cl)c3Cl)cc2n1. The summed E-state index contributed by atoms with van der Waals surface area (Å²) in [6.07, 6.45) is 3.66. The van der Waals surface area contributed by atoms with E-state index >= 15 is 0 Å². The van der Waals surface area contributed by atoms with Crippen LogP contribution in [0.3, 0.4) is 0 Å². The van der Waals surface area contributed by atoms with E-state index in [0.29, 0.717) is 15.1 Å². The van der Waals surface area contributed by atoms with E-state index in [1.807, 2.05) is 19.1 Å². The first kappa shape index (κ1) is 17.0. The van der Waals surface area contributed by atoms with E-state index in [-0.39, 0.29) is 0 Å². The zero-order valence-corrected chi connectivity index (χ0v) is 16.0. The van der Waals surface area contributed by atoms with Crippen LogP contribution in [0.5, 0.6) is 0 Å². The number of anilines is 1. The number of benzene rings is 1. The number of piperidine rings is 1. The number of aromatic nitrogens is 3. The Kier molecular flexibility index (Phi) is 4.52. The van der Waals surface area contributed by atoms with Crippen LogP contribution in [0.15, 0.2) is 18.2 Å². The quantitative estimate of drug-likeness (QED) is 0.551. The molecule has 0 unspecified atom stereocenters. The van der Waals surface area contributed by atoms with Gasteiger partial charge in [0.25, 0.3) is 0 Å². The maximum Gasteiger partial charge on any atom is 0.156 e. The highest BCUT2D eigenvalue weighted by atomic mass is 35.5. The molecule has 1 aliphatic heterocycles. The number of rotatable bonds is 2. The van der Waals surface area contributed by atoms with Gasteiger partial charge in [0.1, 0.15) is 11.3 Å². The van der Waals surface area contributed by atoms with Gasteiger partial charge in [0.05, 0.1) is 20.6 Å². The number of aromatic amines is 1. The minimum atomic E-state index is 0.359. The molecule has 130 valence electrons. The largest absolute Gasteiger partial charge is 0.355 e. The molecule has 0 spiro atoms. The average molecular weight is 396 g/mol. The van der Waals surface area contributed by atoms with Gasteiger partial charge in [-0.15, -0.1) is 0 Å². The van der Waals surface area contributed by atoms with Crippen molar-refractivity contribution in [2.24, 2.45) is 0 Å². The normalized spacial score (nSPS) is 15.1. The lowest BCUT2D eigenvalue weighted by Crippen LogP contribution is -2.30. The second-order valence-electron chi connectivity index (χ2n) is 6.31.